The number of piperidine rings is 1. The molecule has 2 fully saturated rings. The topological polar surface area (TPSA) is 37.4 Å². The zero-order valence-electron chi connectivity index (χ0n) is 11.1. The Labute approximate surface area is 121 Å². The summed E-state index contributed by atoms with van der Waals surface area (Å²) >= 11 is 3.45. The van der Waals surface area contributed by atoms with Gasteiger partial charge in [-0.25, -0.2) is 4.90 Å². The van der Waals surface area contributed by atoms with E-state index in [1.807, 2.05) is 26.0 Å². The van der Waals surface area contributed by atoms with Gasteiger partial charge in [0.25, 0.3) is 0 Å². The fraction of sp³-hybridized carbons (Fsp3) is 0.467. The minimum absolute atomic E-state index is 0.00716. The summed E-state index contributed by atoms with van der Waals surface area (Å²) in [6, 6.07) is 3.92. The number of halogens is 1. The summed E-state index contributed by atoms with van der Waals surface area (Å²) in [4.78, 5) is 26.4. The molecule has 1 aromatic carbocycles. The number of anilines is 1. The molecule has 0 radical (unpaired) electrons. The van der Waals surface area contributed by atoms with Gasteiger partial charge >= 0.3 is 0 Å². The highest BCUT2D eigenvalue weighted by atomic mass is 79.9. The molecule has 3 nitrogen and oxygen atoms in total. The second kappa shape index (κ2) is 4.44. The van der Waals surface area contributed by atoms with E-state index in [2.05, 4.69) is 15.9 Å². The predicted octanol–water partition coefficient (Wildman–Crippen LogP) is 3.36. The van der Waals surface area contributed by atoms with Crippen LogP contribution in [0.1, 0.15) is 30.4 Å². The summed E-state index contributed by atoms with van der Waals surface area (Å²) in [5, 5.41) is 0. The number of fused-ring (bicyclic) bond motifs is 2. The smallest absolute Gasteiger partial charge is 0.236 e. The van der Waals surface area contributed by atoms with E-state index in [9.17, 15) is 9.59 Å². The molecule has 1 saturated heterocycles. The van der Waals surface area contributed by atoms with Gasteiger partial charge in [-0.15, -0.1) is 0 Å². The number of hydrogen-bond acceptors (Lipinski definition) is 2. The van der Waals surface area contributed by atoms with Crippen molar-refractivity contribution in [1.82, 2.24) is 0 Å². The Kier molecular flexibility index (Phi) is 3.01. The third-order valence-corrected chi connectivity index (χ3v) is 4.71. The molecule has 2 amide bonds. The minimum Gasteiger partial charge on any atom is -0.274 e. The molecule has 0 aromatic heterocycles. The van der Waals surface area contributed by atoms with Crippen LogP contribution in [0.15, 0.2) is 16.6 Å². The SMILES string of the molecule is Cc1cc(Br)cc(C)c1N1C(=O)C2CCC(C2)C1=O. The molecule has 4 heteroatoms. The number of aryl methyl sites for hydroxylation is 2. The van der Waals surface area contributed by atoms with Gasteiger partial charge in [0.15, 0.2) is 0 Å². The largest absolute Gasteiger partial charge is 0.274 e. The van der Waals surface area contributed by atoms with Crippen LogP contribution < -0.4 is 4.90 Å². The molecule has 2 unspecified atom stereocenters. The summed E-state index contributed by atoms with van der Waals surface area (Å²) in [5.74, 6) is 0.0786. The zero-order chi connectivity index (χ0) is 13.7. The highest BCUT2D eigenvalue weighted by Crippen LogP contribution is 2.42. The van der Waals surface area contributed by atoms with E-state index >= 15 is 0 Å². The normalized spacial score (nSPS) is 26.2. The minimum atomic E-state index is -0.00716. The van der Waals surface area contributed by atoms with E-state index in [4.69, 9.17) is 0 Å². The zero-order valence-corrected chi connectivity index (χ0v) is 12.7. The van der Waals surface area contributed by atoms with Crippen molar-refractivity contribution >= 4 is 33.4 Å². The Hall–Kier alpha value is -1.16. The molecule has 19 heavy (non-hydrogen) atoms. The molecule has 1 aliphatic carbocycles. The predicted molar refractivity (Wildman–Crippen MR) is 76.9 cm³/mol. The highest BCUT2D eigenvalue weighted by Gasteiger charge is 2.46. The standard InChI is InChI=1S/C15H16BrNO2/c1-8-5-12(16)6-9(2)13(8)17-14(18)10-3-4-11(7-10)15(17)19/h5-6,10-11H,3-4,7H2,1-2H3. The highest BCUT2D eigenvalue weighted by molar-refractivity contribution is 9.10. The van der Waals surface area contributed by atoms with Crippen molar-refractivity contribution in [3.63, 3.8) is 0 Å². The summed E-state index contributed by atoms with van der Waals surface area (Å²) in [5.41, 5.74) is 2.72. The van der Waals surface area contributed by atoms with Crippen molar-refractivity contribution in [3.8, 4) is 0 Å². The van der Waals surface area contributed by atoms with Crippen molar-refractivity contribution in [2.75, 3.05) is 4.90 Å². The van der Waals surface area contributed by atoms with Gasteiger partial charge in [0, 0.05) is 16.3 Å². The average molecular weight is 322 g/mol. The molecule has 1 saturated carbocycles. The first-order valence-electron chi connectivity index (χ1n) is 6.63. The monoisotopic (exact) mass is 321 g/mol. The molecular weight excluding hydrogens is 306 g/mol. The Morgan fingerprint density at radius 2 is 1.53 bits per heavy atom. The Morgan fingerprint density at radius 1 is 1.05 bits per heavy atom. The summed E-state index contributed by atoms with van der Waals surface area (Å²) in [6.07, 6.45) is 2.48. The van der Waals surface area contributed by atoms with Gasteiger partial charge in [0.05, 0.1) is 5.69 Å². The molecule has 0 N–H and O–H groups in total. The van der Waals surface area contributed by atoms with Gasteiger partial charge in [-0.2, -0.15) is 0 Å². The van der Waals surface area contributed by atoms with Crippen molar-refractivity contribution in [3.05, 3.63) is 27.7 Å². The van der Waals surface area contributed by atoms with Crippen LogP contribution in [0.4, 0.5) is 5.69 Å². The van der Waals surface area contributed by atoms with E-state index in [0.717, 1.165) is 40.5 Å². The quantitative estimate of drug-likeness (QED) is 0.744. The Bertz CT molecular complexity index is 537. The average Bonchev–Trinajstić information content (AvgIpc) is 2.76. The fourth-order valence-corrected chi connectivity index (χ4v) is 4.07. The first-order chi connectivity index (χ1) is 8.99. The molecule has 0 spiro atoms. The summed E-state index contributed by atoms with van der Waals surface area (Å²) in [6.45, 7) is 3.90. The molecular formula is C15H16BrNO2. The lowest BCUT2D eigenvalue weighted by molar-refractivity contribution is -0.133. The van der Waals surface area contributed by atoms with Crippen LogP contribution >= 0.6 is 15.9 Å². The summed E-state index contributed by atoms with van der Waals surface area (Å²) < 4.78 is 0.978. The van der Waals surface area contributed by atoms with Crippen molar-refractivity contribution in [2.24, 2.45) is 11.8 Å². The number of carbonyl (C=O) groups is 2. The molecule has 2 atom stereocenters. The molecule has 2 bridgehead atoms. The maximum atomic E-state index is 12.5. The van der Waals surface area contributed by atoms with E-state index in [1.165, 1.54) is 4.90 Å². The second-order valence-corrected chi connectivity index (χ2v) is 6.52. The third-order valence-electron chi connectivity index (χ3n) is 4.25. The molecule has 100 valence electrons. The van der Waals surface area contributed by atoms with Gasteiger partial charge < -0.3 is 0 Å². The van der Waals surface area contributed by atoms with Gasteiger partial charge in [-0.1, -0.05) is 15.9 Å². The lowest BCUT2D eigenvalue weighted by atomic mass is 9.95. The van der Waals surface area contributed by atoms with Crippen molar-refractivity contribution in [1.29, 1.82) is 0 Å². The van der Waals surface area contributed by atoms with Gasteiger partial charge in [0.2, 0.25) is 11.8 Å². The lowest BCUT2D eigenvalue weighted by Crippen LogP contribution is -2.47. The molecule has 2 aliphatic rings. The molecule has 1 heterocycles. The third kappa shape index (κ3) is 1.93. The van der Waals surface area contributed by atoms with Crippen LogP contribution in [0.3, 0.4) is 0 Å². The maximum absolute atomic E-state index is 12.5. The van der Waals surface area contributed by atoms with E-state index < -0.39 is 0 Å². The number of nitrogens with zero attached hydrogens (tertiary/aromatic N) is 1. The first kappa shape index (κ1) is 12.9. The van der Waals surface area contributed by atoms with Crippen molar-refractivity contribution < 1.29 is 9.59 Å². The summed E-state index contributed by atoms with van der Waals surface area (Å²) in [7, 11) is 0. The second-order valence-electron chi connectivity index (χ2n) is 5.61. The van der Waals surface area contributed by atoms with E-state index in [1.54, 1.807) is 0 Å². The van der Waals surface area contributed by atoms with Crippen LogP contribution in [-0.2, 0) is 9.59 Å². The van der Waals surface area contributed by atoms with E-state index in [0.29, 0.717) is 0 Å². The molecule has 1 aromatic rings. The lowest BCUT2D eigenvalue weighted by Gasteiger charge is -2.31. The number of carbonyl (C=O) groups excluding carboxylic acids is 2. The van der Waals surface area contributed by atoms with Gasteiger partial charge in [-0.05, 0) is 56.4 Å². The maximum Gasteiger partial charge on any atom is 0.236 e. The number of amides is 2. The Morgan fingerprint density at radius 3 is 2.00 bits per heavy atom. The van der Waals surface area contributed by atoms with Crippen LogP contribution in [0, 0.1) is 25.7 Å². The molecule has 3 rings (SSSR count). The number of rotatable bonds is 1. The Balaban J connectivity index is 2.11. The molecule has 1 aliphatic heterocycles. The van der Waals surface area contributed by atoms with Gasteiger partial charge in [-0.3, -0.25) is 9.59 Å². The fourth-order valence-electron chi connectivity index (χ4n) is 3.38. The van der Waals surface area contributed by atoms with Crippen LogP contribution in [0.2, 0.25) is 0 Å². The number of imide groups is 1. The van der Waals surface area contributed by atoms with Crippen LogP contribution in [0.25, 0.3) is 0 Å². The van der Waals surface area contributed by atoms with Crippen molar-refractivity contribution in [2.45, 2.75) is 33.1 Å². The number of benzene rings is 1. The number of hydrogen-bond donors (Lipinski definition) is 0. The first-order valence-corrected chi connectivity index (χ1v) is 7.43. The van der Waals surface area contributed by atoms with Crippen LogP contribution in [0.5, 0.6) is 0 Å². The van der Waals surface area contributed by atoms with Crippen LogP contribution in [-0.4, -0.2) is 11.8 Å². The van der Waals surface area contributed by atoms with Gasteiger partial charge in [0.1, 0.15) is 0 Å². The van der Waals surface area contributed by atoms with E-state index in [-0.39, 0.29) is 23.7 Å².